The maximum absolute atomic E-state index is 12.4. The van der Waals surface area contributed by atoms with E-state index in [1.165, 1.54) is 5.69 Å². The lowest BCUT2D eigenvalue weighted by molar-refractivity contribution is 0.0527. The summed E-state index contributed by atoms with van der Waals surface area (Å²) in [5.41, 5.74) is 4.36. The van der Waals surface area contributed by atoms with Crippen LogP contribution < -0.4 is 0 Å². The van der Waals surface area contributed by atoms with Crippen LogP contribution >= 0.6 is 0 Å². The largest absolute Gasteiger partial charge is 0.462 e. The Labute approximate surface area is 123 Å². The number of pyridine rings is 1. The SMILES string of the molecule is CCOC(=O)c1c2c(n3ccc(C(C)=O)cc13)CCCC2. The predicted octanol–water partition coefficient (Wildman–Crippen LogP) is 3.20. The highest BCUT2D eigenvalue weighted by molar-refractivity contribution is 6.02. The van der Waals surface area contributed by atoms with E-state index >= 15 is 0 Å². The minimum Gasteiger partial charge on any atom is -0.462 e. The Kier molecular flexibility index (Phi) is 3.53. The van der Waals surface area contributed by atoms with Gasteiger partial charge < -0.3 is 9.14 Å². The van der Waals surface area contributed by atoms with Crippen molar-refractivity contribution < 1.29 is 14.3 Å². The zero-order valence-electron chi connectivity index (χ0n) is 12.4. The Hall–Kier alpha value is -2.10. The molecule has 0 aliphatic heterocycles. The zero-order valence-corrected chi connectivity index (χ0v) is 12.4. The van der Waals surface area contributed by atoms with Crippen LogP contribution in [0.25, 0.3) is 5.52 Å². The molecule has 4 heteroatoms. The average Bonchev–Trinajstić information content (AvgIpc) is 2.81. The van der Waals surface area contributed by atoms with Crippen molar-refractivity contribution in [2.24, 2.45) is 0 Å². The number of fused-ring (bicyclic) bond motifs is 3. The first kappa shape index (κ1) is 13.9. The molecule has 2 heterocycles. The first-order valence-corrected chi connectivity index (χ1v) is 7.47. The Morgan fingerprint density at radius 3 is 2.76 bits per heavy atom. The Morgan fingerprint density at radius 2 is 2.05 bits per heavy atom. The molecule has 0 aromatic carbocycles. The molecule has 0 unspecified atom stereocenters. The van der Waals surface area contributed by atoms with Crippen LogP contribution in [0.1, 0.15) is 58.7 Å². The van der Waals surface area contributed by atoms with Crippen molar-refractivity contribution in [3.63, 3.8) is 0 Å². The molecule has 0 N–H and O–H groups in total. The number of hydrogen-bond acceptors (Lipinski definition) is 3. The molecule has 110 valence electrons. The van der Waals surface area contributed by atoms with Crippen LogP contribution in [0.4, 0.5) is 0 Å². The van der Waals surface area contributed by atoms with Crippen molar-refractivity contribution in [3.8, 4) is 0 Å². The molecule has 3 rings (SSSR count). The lowest BCUT2D eigenvalue weighted by Crippen LogP contribution is -2.09. The van der Waals surface area contributed by atoms with Gasteiger partial charge in [0.1, 0.15) is 0 Å². The normalized spacial score (nSPS) is 14.0. The second kappa shape index (κ2) is 5.35. The molecule has 1 aliphatic carbocycles. The lowest BCUT2D eigenvalue weighted by atomic mass is 9.94. The van der Waals surface area contributed by atoms with E-state index in [-0.39, 0.29) is 11.8 Å². The first-order chi connectivity index (χ1) is 10.1. The number of ether oxygens (including phenoxy) is 1. The molecular weight excluding hydrogens is 266 g/mol. The van der Waals surface area contributed by atoms with Gasteiger partial charge in [-0.05, 0) is 57.2 Å². The Balaban J connectivity index is 2.28. The fourth-order valence-electron chi connectivity index (χ4n) is 3.16. The lowest BCUT2D eigenvalue weighted by Gasteiger charge is -2.12. The number of hydrogen-bond donors (Lipinski definition) is 0. The minimum absolute atomic E-state index is 0.00600. The van der Waals surface area contributed by atoms with Gasteiger partial charge in [-0.15, -0.1) is 0 Å². The quantitative estimate of drug-likeness (QED) is 0.642. The minimum atomic E-state index is -0.279. The number of nitrogens with zero attached hydrogens (tertiary/aromatic N) is 1. The van der Waals surface area contributed by atoms with E-state index in [0.717, 1.165) is 36.8 Å². The fourth-order valence-corrected chi connectivity index (χ4v) is 3.16. The van der Waals surface area contributed by atoms with E-state index in [9.17, 15) is 9.59 Å². The fraction of sp³-hybridized carbons (Fsp3) is 0.412. The summed E-state index contributed by atoms with van der Waals surface area (Å²) in [6, 6.07) is 3.63. The van der Waals surface area contributed by atoms with E-state index < -0.39 is 0 Å². The van der Waals surface area contributed by atoms with E-state index in [4.69, 9.17) is 4.74 Å². The smallest absolute Gasteiger partial charge is 0.340 e. The third-order valence-corrected chi connectivity index (χ3v) is 4.13. The summed E-state index contributed by atoms with van der Waals surface area (Å²) in [6.45, 7) is 3.71. The highest BCUT2D eigenvalue weighted by Gasteiger charge is 2.26. The van der Waals surface area contributed by atoms with Gasteiger partial charge in [0, 0.05) is 17.5 Å². The highest BCUT2D eigenvalue weighted by atomic mass is 16.5. The molecule has 0 radical (unpaired) electrons. The molecule has 0 saturated carbocycles. The van der Waals surface area contributed by atoms with Gasteiger partial charge in [0.25, 0.3) is 0 Å². The molecule has 0 fully saturated rings. The van der Waals surface area contributed by atoms with Crippen molar-refractivity contribution in [1.29, 1.82) is 0 Å². The summed E-state index contributed by atoms with van der Waals surface area (Å²) in [6.07, 6.45) is 6.00. The monoisotopic (exact) mass is 285 g/mol. The van der Waals surface area contributed by atoms with Gasteiger partial charge in [0.05, 0.1) is 17.7 Å². The molecule has 1 aliphatic rings. The van der Waals surface area contributed by atoms with Crippen LogP contribution in [0.2, 0.25) is 0 Å². The van der Waals surface area contributed by atoms with E-state index in [1.54, 1.807) is 6.92 Å². The molecule has 21 heavy (non-hydrogen) atoms. The summed E-state index contributed by atoms with van der Waals surface area (Å²) in [5, 5.41) is 0. The summed E-state index contributed by atoms with van der Waals surface area (Å²) in [7, 11) is 0. The van der Waals surface area contributed by atoms with Gasteiger partial charge in [0.2, 0.25) is 0 Å². The maximum Gasteiger partial charge on any atom is 0.340 e. The summed E-state index contributed by atoms with van der Waals surface area (Å²) in [4.78, 5) is 24.0. The number of ketones is 1. The predicted molar refractivity (Wildman–Crippen MR) is 80.0 cm³/mol. The molecule has 2 aromatic rings. The summed E-state index contributed by atoms with van der Waals surface area (Å²) < 4.78 is 7.27. The van der Waals surface area contributed by atoms with Gasteiger partial charge in [0.15, 0.2) is 5.78 Å². The van der Waals surface area contributed by atoms with Crippen LogP contribution in [-0.2, 0) is 17.6 Å². The molecule has 0 bridgehead atoms. The van der Waals surface area contributed by atoms with Crippen molar-refractivity contribution in [2.75, 3.05) is 6.61 Å². The second-order valence-corrected chi connectivity index (χ2v) is 5.45. The molecule has 0 saturated heterocycles. The number of carbonyl (C=O) groups excluding carboxylic acids is 2. The van der Waals surface area contributed by atoms with Crippen LogP contribution in [0.3, 0.4) is 0 Å². The van der Waals surface area contributed by atoms with Crippen molar-refractivity contribution in [2.45, 2.75) is 39.5 Å². The highest BCUT2D eigenvalue weighted by Crippen LogP contribution is 2.31. The number of rotatable bonds is 3. The molecule has 0 spiro atoms. The van der Waals surface area contributed by atoms with Crippen molar-refractivity contribution in [3.05, 3.63) is 40.7 Å². The third-order valence-electron chi connectivity index (χ3n) is 4.13. The maximum atomic E-state index is 12.4. The van der Waals surface area contributed by atoms with E-state index in [1.807, 2.05) is 29.7 Å². The van der Waals surface area contributed by atoms with Crippen LogP contribution in [0, 0.1) is 0 Å². The van der Waals surface area contributed by atoms with Crippen molar-refractivity contribution >= 4 is 17.3 Å². The van der Waals surface area contributed by atoms with Gasteiger partial charge in [-0.3, -0.25) is 4.79 Å². The number of esters is 1. The molecule has 2 aromatic heterocycles. The number of Topliss-reactive ketones (excluding diaryl/α,β-unsaturated/α-hetero) is 1. The van der Waals surface area contributed by atoms with Gasteiger partial charge in [-0.1, -0.05) is 0 Å². The molecule has 4 nitrogen and oxygen atoms in total. The van der Waals surface area contributed by atoms with Gasteiger partial charge in [-0.25, -0.2) is 4.79 Å². The van der Waals surface area contributed by atoms with Crippen molar-refractivity contribution in [1.82, 2.24) is 4.40 Å². The number of aryl methyl sites for hydroxylation is 1. The van der Waals surface area contributed by atoms with Gasteiger partial charge >= 0.3 is 5.97 Å². The first-order valence-electron chi connectivity index (χ1n) is 7.47. The van der Waals surface area contributed by atoms with Crippen LogP contribution in [-0.4, -0.2) is 22.8 Å². The number of aromatic nitrogens is 1. The van der Waals surface area contributed by atoms with E-state index in [2.05, 4.69) is 0 Å². The zero-order chi connectivity index (χ0) is 15.0. The summed E-state index contributed by atoms with van der Waals surface area (Å²) >= 11 is 0. The standard InChI is InChI=1S/C17H19NO3/c1-3-21-17(20)16-13-6-4-5-7-14(13)18-9-8-12(11(2)19)10-15(16)18/h8-10H,3-7H2,1-2H3. The average molecular weight is 285 g/mol. The third kappa shape index (κ3) is 2.24. The second-order valence-electron chi connectivity index (χ2n) is 5.45. The van der Waals surface area contributed by atoms with Crippen LogP contribution in [0.15, 0.2) is 18.3 Å². The Morgan fingerprint density at radius 1 is 1.29 bits per heavy atom. The summed E-state index contributed by atoms with van der Waals surface area (Å²) in [5.74, 6) is -0.273. The van der Waals surface area contributed by atoms with Crippen LogP contribution in [0.5, 0.6) is 0 Å². The molecule has 0 atom stereocenters. The van der Waals surface area contributed by atoms with E-state index in [0.29, 0.717) is 17.7 Å². The Bertz CT molecular complexity index is 727. The van der Waals surface area contributed by atoms with Gasteiger partial charge in [-0.2, -0.15) is 0 Å². The molecular formula is C17H19NO3. The number of carbonyl (C=O) groups is 2. The molecule has 0 amide bonds. The topological polar surface area (TPSA) is 47.8 Å².